The number of pyridine rings is 1. The van der Waals surface area contributed by atoms with Crippen molar-refractivity contribution in [1.29, 1.82) is 0 Å². The zero-order chi connectivity index (χ0) is 6.69. The fourth-order valence-corrected chi connectivity index (χ4v) is 0.600. The lowest BCUT2D eigenvalue weighted by Gasteiger charge is -1.91. The highest BCUT2D eigenvalue weighted by Gasteiger charge is 1.91. The molecule has 9 heavy (non-hydrogen) atoms. The molecule has 1 aromatic heterocycles. The van der Waals surface area contributed by atoms with Crippen molar-refractivity contribution < 1.29 is 4.79 Å². The first-order chi connectivity index (χ1) is 4.34. The van der Waals surface area contributed by atoms with Gasteiger partial charge in [-0.25, -0.2) is 0 Å². The molecule has 2 nitrogen and oxygen atoms in total. The highest BCUT2D eigenvalue weighted by atomic mass is 16.1. The molecule has 0 fully saturated rings. The molecule has 0 unspecified atom stereocenters. The second kappa shape index (κ2) is 2.44. The lowest BCUT2D eigenvalue weighted by atomic mass is 9.93. The van der Waals surface area contributed by atoms with Gasteiger partial charge in [-0.15, -0.1) is 0 Å². The molecule has 0 spiro atoms. The lowest BCUT2D eigenvalue weighted by Crippen LogP contribution is -2.08. The molecule has 3 heteroatoms. The van der Waals surface area contributed by atoms with Crippen LogP contribution < -0.4 is 5.46 Å². The Morgan fingerprint density at radius 3 is 2.89 bits per heavy atom. The van der Waals surface area contributed by atoms with E-state index in [0.717, 1.165) is 11.7 Å². The van der Waals surface area contributed by atoms with Gasteiger partial charge in [0.2, 0.25) is 0 Å². The normalized spacial score (nSPS) is 8.89. The zero-order valence-corrected chi connectivity index (χ0v) is 5.16. The number of hydrogen-bond acceptors (Lipinski definition) is 2. The maximum Gasteiger partial charge on any atom is 0.151 e. The summed E-state index contributed by atoms with van der Waals surface area (Å²) < 4.78 is 0. The molecule has 44 valence electrons. The first-order valence-corrected chi connectivity index (χ1v) is 2.70. The Labute approximate surface area is 54.3 Å². The van der Waals surface area contributed by atoms with Crippen LogP contribution in [0.1, 0.15) is 10.4 Å². The SMILES string of the molecule is Bc1ccncc1C=O. The van der Waals surface area contributed by atoms with Crippen LogP contribution in [0, 0.1) is 0 Å². The van der Waals surface area contributed by atoms with Crippen LogP contribution in [0.15, 0.2) is 18.5 Å². The van der Waals surface area contributed by atoms with Gasteiger partial charge in [0.25, 0.3) is 0 Å². The zero-order valence-electron chi connectivity index (χ0n) is 5.16. The summed E-state index contributed by atoms with van der Waals surface area (Å²) in [6.45, 7) is 0. The largest absolute Gasteiger partial charge is 0.298 e. The Bertz CT molecular complexity index is 224. The average molecular weight is 119 g/mol. The van der Waals surface area contributed by atoms with E-state index in [4.69, 9.17) is 0 Å². The Kier molecular flexibility index (Phi) is 1.63. The first kappa shape index (κ1) is 6.01. The third kappa shape index (κ3) is 1.16. The van der Waals surface area contributed by atoms with E-state index in [-0.39, 0.29) is 0 Å². The summed E-state index contributed by atoms with van der Waals surface area (Å²) in [4.78, 5) is 14.0. The third-order valence-corrected chi connectivity index (χ3v) is 1.21. The highest BCUT2D eigenvalue weighted by Crippen LogP contribution is 1.83. The topological polar surface area (TPSA) is 30.0 Å². The van der Waals surface area contributed by atoms with E-state index in [1.165, 1.54) is 0 Å². The number of nitrogens with zero attached hydrogens (tertiary/aromatic N) is 1. The maximum atomic E-state index is 10.2. The van der Waals surface area contributed by atoms with Crippen molar-refractivity contribution in [2.24, 2.45) is 0 Å². The molecule has 0 atom stereocenters. The molecular formula is C6H6BNO. The van der Waals surface area contributed by atoms with E-state index in [0.29, 0.717) is 5.56 Å². The molecule has 1 rings (SSSR count). The van der Waals surface area contributed by atoms with Gasteiger partial charge in [-0.1, -0.05) is 5.46 Å². The summed E-state index contributed by atoms with van der Waals surface area (Å²) in [5.41, 5.74) is 1.64. The highest BCUT2D eigenvalue weighted by molar-refractivity contribution is 6.35. The van der Waals surface area contributed by atoms with Gasteiger partial charge in [-0.2, -0.15) is 0 Å². The molecule has 0 aliphatic rings. The summed E-state index contributed by atoms with van der Waals surface area (Å²) in [5.74, 6) is 0. The van der Waals surface area contributed by atoms with Crippen LogP contribution in [0.2, 0.25) is 0 Å². The molecule has 1 aromatic rings. The van der Waals surface area contributed by atoms with E-state index in [9.17, 15) is 4.79 Å². The molecule has 0 saturated heterocycles. The summed E-state index contributed by atoms with van der Waals surface area (Å²) in [7, 11) is 1.88. The number of aldehydes is 1. The van der Waals surface area contributed by atoms with Gasteiger partial charge < -0.3 is 0 Å². The predicted octanol–water partition coefficient (Wildman–Crippen LogP) is -0.848. The smallest absolute Gasteiger partial charge is 0.151 e. The van der Waals surface area contributed by atoms with Crippen LogP contribution in [-0.2, 0) is 0 Å². The van der Waals surface area contributed by atoms with E-state index in [2.05, 4.69) is 4.98 Å². The standard InChI is InChI=1S/C6H6BNO/c7-6-1-2-8-3-5(6)4-9/h1-4H,7H2. The van der Waals surface area contributed by atoms with Crippen LogP contribution >= 0.6 is 0 Å². The van der Waals surface area contributed by atoms with Gasteiger partial charge in [-0.3, -0.25) is 9.78 Å². The second-order valence-corrected chi connectivity index (χ2v) is 1.85. The predicted molar refractivity (Wildman–Crippen MR) is 37.8 cm³/mol. The Hall–Kier alpha value is -1.12. The minimum Gasteiger partial charge on any atom is -0.298 e. The number of aromatic nitrogens is 1. The minimum absolute atomic E-state index is 0.664. The van der Waals surface area contributed by atoms with Crippen molar-refractivity contribution in [2.75, 3.05) is 0 Å². The van der Waals surface area contributed by atoms with Gasteiger partial charge in [0.1, 0.15) is 7.85 Å². The molecule has 0 saturated carbocycles. The van der Waals surface area contributed by atoms with Gasteiger partial charge in [0.15, 0.2) is 6.29 Å². The van der Waals surface area contributed by atoms with E-state index >= 15 is 0 Å². The van der Waals surface area contributed by atoms with Crippen LogP contribution in [0.5, 0.6) is 0 Å². The molecule has 0 radical (unpaired) electrons. The quantitative estimate of drug-likeness (QED) is 0.356. The molecular weight excluding hydrogens is 113 g/mol. The van der Waals surface area contributed by atoms with Gasteiger partial charge in [-0.05, 0) is 6.07 Å². The monoisotopic (exact) mass is 119 g/mol. The third-order valence-electron chi connectivity index (χ3n) is 1.21. The van der Waals surface area contributed by atoms with E-state index in [1.807, 2.05) is 13.9 Å². The number of rotatable bonds is 1. The molecule has 0 bridgehead atoms. The van der Waals surface area contributed by atoms with Crippen molar-refractivity contribution in [3.63, 3.8) is 0 Å². The van der Waals surface area contributed by atoms with Crippen molar-refractivity contribution in [1.82, 2.24) is 4.98 Å². The number of carbonyl (C=O) groups excluding carboxylic acids is 1. The van der Waals surface area contributed by atoms with Gasteiger partial charge >= 0.3 is 0 Å². The van der Waals surface area contributed by atoms with Crippen LogP contribution in [-0.4, -0.2) is 19.1 Å². The van der Waals surface area contributed by atoms with Crippen molar-refractivity contribution >= 4 is 19.6 Å². The Morgan fingerprint density at radius 1 is 1.67 bits per heavy atom. The maximum absolute atomic E-state index is 10.2. The van der Waals surface area contributed by atoms with Gasteiger partial charge in [0, 0.05) is 18.0 Å². The Balaban J connectivity index is 3.15. The average Bonchev–Trinajstić information content (AvgIpc) is 1.89. The molecule has 0 aliphatic heterocycles. The van der Waals surface area contributed by atoms with Crippen molar-refractivity contribution in [3.8, 4) is 0 Å². The molecule has 0 N–H and O–H groups in total. The summed E-state index contributed by atoms with van der Waals surface area (Å²) in [5, 5.41) is 0. The van der Waals surface area contributed by atoms with E-state index in [1.54, 1.807) is 12.4 Å². The van der Waals surface area contributed by atoms with Crippen LogP contribution in [0.25, 0.3) is 0 Å². The molecule has 0 aromatic carbocycles. The molecule has 0 aliphatic carbocycles. The van der Waals surface area contributed by atoms with E-state index < -0.39 is 0 Å². The van der Waals surface area contributed by atoms with Crippen LogP contribution in [0.4, 0.5) is 0 Å². The fraction of sp³-hybridized carbons (Fsp3) is 0. The minimum atomic E-state index is 0.664. The Morgan fingerprint density at radius 2 is 2.44 bits per heavy atom. The van der Waals surface area contributed by atoms with Crippen LogP contribution in [0.3, 0.4) is 0 Å². The lowest BCUT2D eigenvalue weighted by molar-refractivity contribution is 0.112. The summed E-state index contributed by atoms with van der Waals surface area (Å²) in [6, 6.07) is 1.81. The number of hydrogen-bond donors (Lipinski definition) is 0. The first-order valence-electron chi connectivity index (χ1n) is 2.70. The summed E-state index contributed by atoms with van der Waals surface area (Å²) >= 11 is 0. The van der Waals surface area contributed by atoms with Crippen molar-refractivity contribution in [3.05, 3.63) is 24.0 Å². The number of carbonyl (C=O) groups is 1. The fourth-order valence-electron chi connectivity index (χ4n) is 0.600. The molecule has 1 heterocycles. The molecule has 0 amide bonds. The summed E-state index contributed by atoms with van der Waals surface area (Å²) in [6.07, 6.45) is 4.03. The van der Waals surface area contributed by atoms with Gasteiger partial charge in [0.05, 0.1) is 0 Å². The van der Waals surface area contributed by atoms with Crippen molar-refractivity contribution in [2.45, 2.75) is 0 Å². The second-order valence-electron chi connectivity index (χ2n) is 1.85.